The molecule has 10 heteroatoms. The number of halogens is 5. The fraction of sp³-hybridized carbons (Fsp3) is 0.290. The molecule has 1 fully saturated rings. The van der Waals surface area contributed by atoms with Crippen molar-refractivity contribution in [1.29, 1.82) is 0 Å². The van der Waals surface area contributed by atoms with Crippen molar-refractivity contribution in [3.63, 3.8) is 0 Å². The van der Waals surface area contributed by atoms with Crippen molar-refractivity contribution in [2.75, 3.05) is 19.6 Å². The first-order chi connectivity index (χ1) is 19.5. The molecule has 1 N–H and O–H groups in total. The van der Waals surface area contributed by atoms with Gasteiger partial charge in [-0.25, -0.2) is 13.6 Å². The molecule has 1 aliphatic rings. The Morgan fingerprint density at radius 3 is 2.10 bits per heavy atom. The molecule has 1 aromatic heterocycles. The van der Waals surface area contributed by atoms with Crippen LogP contribution in [0.3, 0.4) is 0 Å². The summed E-state index contributed by atoms with van der Waals surface area (Å²) in [4.78, 5) is 11.4. The van der Waals surface area contributed by atoms with Gasteiger partial charge in [-0.05, 0) is 78.5 Å². The van der Waals surface area contributed by atoms with Crippen LogP contribution >= 0.6 is 0 Å². The van der Waals surface area contributed by atoms with Gasteiger partial charge in [0.15, 0.2) is 0 Å². The summed E-state index contributed by atoms with van der Waals surface area (Å²) in [6.45, 7) is 2.90. The summed E-state index contributed by atoms with van der Waals surface area (Å²) < 4.78 is 60.7. The lowest BCUT2D eigenvalue weighted by molar-refractivity contribution is -0.192. The Balaban J connectivity index is 0.000000493. The Morgan fingerprint density at radius 2 is 1.51 bits per heavy atom. The number of rotatable bonds is 6. The van der Waals surface area contributed by atoms with E-state index in [1.54, 1.807) is 24.3 Å². The first-order valence-corrected chi connectivity index (χ1v) is 13.1. The number of likely N-dealkylation sites (tertiary alicyclic amines) is 1. The minimum Gasteiger partial charge on any atom is -0.475 e. The van der Waals surface area contributed by atoms with E-state index in [2.05, 4.69) is 35.2 Å². The lowest BCUT2D eigenvalue weighted by atomic mass is 9.78. The summed E-state index contributed by atoms with van der Waals surface area (Å²) in [7, 11) is 1.93. The molecule has 0 unspecified atom stereocenters. The van der Waals surface area contributed by atoms with E-state index in [1.807, 2.05) is 29.9 Å². The second kappa shape index (κ2) is 13.1. The minimum atomic E-state index is -5.08. The van der Waals surface area contributed by atoms with E-state index in [0.29, 0.717) is 0 Å². The van der Waals surface area contributed by atoms with Crippen LogP contribution in [0.25, 0.3) is 11.3 Å². The average Bonchev–Trinajstić information content (AvgIpc) is 3.34. The van der Waals surface area contributed by atoms with Crippen LogP contribution in [0, 0.1) is 11.6 Å². The zero-order valence-electron chi connectivity index (χ0n) is 22.4. The van der Waals surface area contributed by atoms with Gasteiger partial charge in [-0.3, -0.25) is 4.68 Å². The number of aliphatic carboxylic acids is 1. The third-order valence-electron chi connectivity index (χ3n) is 7.22. The molecule has 41 heavy (non-hydrogen) atoms. The van der Waals surface area contributed by atoms with Crippen molar-refractivity contribution in [1.82, 2.24) is 14.7 Å². The second-order valence-corrected chi connectivity index (χ2v) is 9.98. The van der Waals surface area contributed by atoms with Gasteiger partial charge in [-0.2, -0.15) is 18.3 Å². The van der Waals surface area contributed by atoms with Crippen LogP contribution in [-0.2, 0) is 18.3 Å². The predicted molar refractivity (Wildman–Crippen MR) is 145 cm³/mol. The predicted octanol–water partition coefficient (Wildman–Crippen LogP) is 6.81. The monoisotopic (exact) mass is 571 g/mol. The molecular formula is C31H30F5N3O2. The number of piperidine rings is 1. The quantitative estimate of drug-likeness (QED) is 0.258. The number of carboxylic acids is 1. The summed E-state index contributed by atoms with van der Waals surface area (Å²) in [6.07, 6.45) is -3.09. The van der Waals surface area contributed by atoms with Gasteiger partial charge >= 0.3 is 12.1 Å². The van der Waals surface area contributed by atoms with Crippen LogP contribution in [0.2, 0.25) is 0 Å². The number of carboxylic acid groups (broad SMARTS) is 1. The van der Waals surface area contributed by atoms with Gasteiger partial charge in [-0.15, -0.1) is 0 Å². The second-order valence-electron chi connectivity index (χ2n) is 9.98. The molecule has 1 saturated heterocycles. The molecule has 0 bridgehead atoms. The molecule has 0 aliphatic carbocycles. The molecule has 0 amide bonds. The van der Waals surface area contributed by atoms with Gasteiger partial charge in [0.05, 0.1) is 11.4 Å². The van der Waals surface area contributed by atoms with E-state index in [9.17, 15) is 22.0 Å². The number of hydrogen-bond acceptors (Lipinski definition) is 3. The summed E-state index contributed by atoms with van der Waals surface area (Å²) in [6, 6.07) is 26.2. The standard InChI is InChI=1S/C29H29F2N3.C2HF3O2/c1-33-29(23-9-13-25(31)14-10-23)19-28(32-33)26-16-18-34(17-15-21-5-3-2-4-6-21)20-27(26)22-7-11-24(30)12-8-22;3-2(4,5)1(6)7/h2-14,19,26-27H,15-18,20H2,1H3;(H,6,7)/t26-,27+;/m1./s1. The maximum atomic E-state index is 13.7. The van der Waals surface area contributed by atoms with Crippen LogP contribution in [0.4, 0.5) is 22.0 Å². The fourth-order valence-corrected chi connectivity index (χ4v) is 5.12. The average molecular weight is 572 g/mol. The molecular weight excluding hydrogens is 541 g/mol. The number of aromatic nitrogens is 2. The first-order valence-electron chi connectivity index (χ1n) is 13.1. The van der Waals surface area contributed by atoms with Crippen LogP contribution in [0.5, 0.6) is 0 Å². The number of hydrogen-bond donors (Lipinski definition) is 1. The van der Waals surface area contributed by atoms with Gasteiger partial charge < -0.3 is 10.0 Å². The largest absolute Gasteiger partial charge is 0.490 e. The maximum absolute atomic E-state index is 13.7. The lowest BCUT2D eigenvalue weighted by Crippen LogP contribution is -2.39. The number of aryl methyl sites for hydroxylation is 1. The third-order valence-corrected chi connectivity index (χ3v) is 7.22. The number of carbonyl (C=O) groups is 1. The highest BCUT2D eigenvalue weighted by Gasteiger charge is 2.38. The van der Waals surface area contributed by atoms with Crippen molar-refractivity contribution in [3.05, 3.63) is 113 Å². The van der Waals surface area contributed by atoms with Crippen LogP contribution in [-0.4, -0.2) is 51.6 Å². The molecule has 4 aromatic rings. The van der Waals surface area contributed by atoms with E-state index in [-0.39, 0.29) is 23.5 Å². The summed E-state index contributed by atoms with van der Waals surface area (Å²) in [5.74, 6) is -2.76. The van der Waals surface area contributed by atoms with E-state index in [1.165, 1.54) is 17.7 Å². The Bertz CT molecular complexity index is 1420. The number of nitrogens with zero attached hydrogens (tertiary/aromatic N) is 3. The van der Waals surface area contributed by atoms with Crippen molar-refractivity contribution in [2.45, 2.75) is 30.9 Å². The normalized spacial score (nSPS) is 17.5. The zero-order valence-corrected chi connectivity index (χ0v) is 22.4. The van der Waals surface area contributed by atoms with Gasteiger partial charge in [-0.1, -0.05) is 42.5 Å². The summed E-state index contributed by atoms with van der Waals surface area (Å²) in [5.41, 5.74) is 5.45. The molecule has 5 rings (SSSR count). The van der Waals surface area contributed by atoms with Crippen LogP contribution in [0.1, 0.15) is 35.1 Å². The zero-order chi connectivity index (χ0) is 29.6. The van der Waals surface area contributed by atoms with Crippen molar-refractivity contribution < 1.29 is 31.9 Å². The smallest absolute Gasteiger partial charge is 0.475 e. The highest BCUT2D eigenvalue weighted by atomic mass is 19.4. The molecule has 0 spiro atoms. The molecule has 216 valence electrons. The summed E-state index contributed by atoms with van der Waals surface area (Å²) >= 11 is 0. The van der Waals surface area contributed by atoms with E-state index >= 15 is 0 Å². The van der Waals surface area contributed by atoms with Crippen molar-refractivity contribution in [3.8, 4) is 11.3 Å². The van der Waals surface area contributed by atoms with Crippen molar-refractivity contribution >= 4 is 5.97 Å². The van der Waals surface area contributed by atoms with Crippen LogP contribution < -0.4 is 0 Å². The molecule has 2 heterocycles. The third kappa shape index (κ3) is 8.00. The van der Waals surface area contributed by atoms with E-state index in [4.69, 9.17) is 15.0 Å². The Kier molecular flexibility index (Phi) is 9.54. The molecule has 0 saturated carbocycles. The van der Waals surface area contributed by atoms with Gasteiger partial charge in [0.1, 0.15) is 11.6 Å². The number of benzene rings is 3. The van der Waals surface area contributed by atoms with Crippen molar-refractivity contribution in [2.24, 2.45) is 7.05 Å². The van der Waals surface area contributed by atoms with Gasteiger partial charge in [0, 0.05) is 32.0 Å². The highest BCUT2D eigenvalue weighted by Crippen LogP contribution is 2.40. The van der Waals surface area contributed by atoms with Gasteiger partial charge in [0.2, 0.25) is 0 Å². The molecule has 2 atom stereocenters. The first kappa shape index (κ1) is 29.9. The Hall–Kier alpha value is -4.05. The SMILES string of the molecule is Cn1nc([C@@H]2CCN(CCc3ccccc3)C[C@H]2c2ccc(F)cc2)cc1-c1ccc(F)cc1.O=C(O)C(F)(F)F. The number of alkyl halides is 3. The lowest BCUT2D eigenvalue weighted by Gasteiger charge is -2.38. The highest BCUT2D eigenvalue weighted by molar-refractivity contribution is 5.73. The molecule has 1 aliphatic heterocycles. The minimum absolute atomic E-state index is 0.214. The Morgan fingerprint density at radius 1 is 0.927 bits per heavy atom. The fourth-order valence-electron chi connectivity index (χ4n) is 5.12. The van der Waals surface area contributed by atoms with Crippen LogP contribution in [0.15, 0.2) is 84.9 Å². The molecule has 3 aromatic carbocycles. The molecule has 5 nitrogen and oxygen atoms in total. The molecule has 0 radical (unpaired) electrons. The summed E-state index contributed by atoms with van der Waals surface area (Å²) in [5, 5.41) is 12.0. The van der Waals surface area contributed by atoms with E-state index in [0.717, 1.165) is 55.0 Å². The topological polar surface area (TPSA) is 58.4 Å². The van der Waals surface area contributed by atoms with Gasteiger partial charge in [0.25, 0.3) is 0 Å². The van der Waals surface area contributed by atoms with E-state index < -0.39 is 12.1 Å². The maximum Gasteiger partial charge on any atom is 0.490 e. The Labute approximate surface area is 234 Å².